The van der Waals surface area contributed by atoms with Gasteiger partial charge < -0.3 is 0 Å². The van der Waals surface area contributed by atoms with Gasteiger partial charge in [0.1, 0.15) is 0 Å². The Hall–Kier alpha value is -1.26. The van der Waals surface area contributed by atoms with E-state index >= 15 is 0 Å². The summed E-state index contributed by atoms with van der Waals surface area (Å²) in [6, 6.07) is 7.86. The number of hydrogen-bond donors (Lipinski definition) is 0. The van der Waals surface area contributed by atoms with Crippen molar-refractivity contribution in [3.05, 3.63) is 46.1 Å². The lowest BCUT2D eigenvalue weighted by Crippen LogP contribution is -2.37. The Bertz CT molecular complexity index is 650. The number of thioether (sulfide) groups is 1. The van der Waals surface area contributed by atoms with Gasteiger partial charge in [0.25, 0.3) is 0 Å². The molecular formula is C15H13ClN2OS. The maximum atomic E-state index is 12.2. The van der Waals surface area contributed by atoms with Crippen LogP contribution in [0.1, 0.15) is 30.9 Å². The van der Waals surface area contributed by atoms with Gasteiger partial charge in [0, 0.05) is 10.7 Å². The highest BCUT2D eigenvalue weighted by atomic mass is 35.5. The first-order chi connectivity index (χ1) is 9.74. The summed E-state index contributed by atoms with van der Waals surface area (Å²) in [6.45, 7) is 0. The molecule has 20 heavy (non-hydrogen) atoms. The third-order valence-electron chi connectivity index (χ3n) is 4.03. The average molecular weight is 305 g/mol. The van der Waals surface area contributed by atoms with Crippen LogP contribution in [0.2, 0.25) is 5.02 Å². The zero-order valence-electron chi connectivity index (χ0n) is 10.8. The van der Waals surface area contributed by atoms with Gasteiger partial charge in [-0.2, -0.15) is 0 Å². The molecule has 1 saturated heterocycles. The van der Waals surface area contributed by atoms with Crippen molar-refractivity contribution in [3.63, 3.8) is 0 Å². The predicted octanol–water partition coefficient (Wildman–Crippen LogP) is 3.76. The number of amides is 1. The van der Waals surface area contributed by atoms with Gasteiger partial charge in [-0.05, 0) is 42.5 Å². The van der Waals surface area contributed by atoms with E-state index in [4.69, 9.17) is 11.6 Å². The first-order valence-electron chi connectivity index (χ1n) is 6.75. The molecule has 1 aromatic rings. The van der Waals surface area contributed by atoms with E-state index < -0.39 is 0 Å². The summed E-state index contributed by atoms with van der Waals surface area (Å²) in [7, 11) is 0. The van der Waals surface area contributed by atoms with Gasteiger partial charge in [0.05, 0.1) is 11.8 Å². The lowest BCUT2D eigenvalue weighted by molar-refractivity contribution is -0.125. The van der Waals surface area contributed by atoms with Crippen LogP contribution in [-0.4, -0.2) is 21.7 Å². The van der Waals surface area contributed by atoms with E-state index in [2.05, 4.69) is 4.99 Å². The van der Waals surface area contributed by atoms with Gasteiger partial charge in [0.2, 0.25) is 5.91 Å². The van der Waals surface area contributed by atoms with Crippen LogP contribution in [0.3, 0.4) is 0 Å². The molecule has 0 spiro atoms. The summed E-state index contributed by atoms with van der Waals surface area (Å²) in [5.41, 5.74) is 3.64. The zero-order chi connectivity index (χ0) is 13.7. The van der Waals surface area contributed by atoms with E-state index in [9.17, 15) is 4.79 Å². The van der Waals surface area contributed by atoms with Crippen molar-refractivity contribution >= 4 is 34.4 Å². The van der Waals surface area contributed by atoms with Crippen LogP contribution in [0.4, 0.5) is 0 Å². The van der Waals surface area contributed by atoms with Gasteiger partial charge in [-0.15, -0.1) is 0 Å². The number of halogens is 1. The van der Waals surface area contributed by atoms with Crippen LogP contribution in [0.25, 0.3) is 0 Å². The fraction of sp³-hybridized carbons (Fsp3) is 0.333. The second-order valence-electron chi connectivity index (χ2n) is 5.23. The number of allylic oxidation sites excluding steroid dienone is 1. The molecule has 0 aromatic heterocycles. The summed E-state index contributed by atoms with van der Waals surface area (Å²) in [4.78, 5) is 18.8. The molecule has 0 N–H and O–H groups in total. The standard InChI is InChI=1S/C15H13ClN2OS/c16-10-6-4-9(5-7-10)14-11-2-1-3-12(11)17-15-18(14)13(19)8-20-15/h4-7,14H,1-3,8H2/t14-/m1/s1. The largest absolute Gasteiger partial charge is 0.279 e. The predicted molar refractivity (Wildman–Crippen MR) is 81.8 cm³/mol. The Morgan fingerprint density at radius 3 is 2.85 bits per heavy atom. The fourth-order valence-electron chi connectivity index (χ4n) is 3.15. The van der Waals surface area contributed by atoms with Crippen molar-refractivity contribution in [1.82, 2.24) is 4.90 Å². The lowest BCUT2D eigenvalue weighted by Gasteiger charge is -2.32. The molecule has 2 aliphatic heterocycles. The maximum absolute atomic E-state index is 12.2. The first-order valence-corrected chi connectivity index (χ1v) is 8.11. The van der Waals surface area contributed by atoms with Crippen molar-refractivity contribution in [2.75, 3.05) is 5.75 Å². The average Bonchev–Trinajstić information content (AvgIpc) is 3.05. The van der Waals surface area contributed by atoms with Crippen LogP contribution < -0.4 is 0 Å². The van der Waals surface area contributed by atoms with Gasteiger partial charge >= 0.3 is 0 Å². The fourth-order valence-corrected chi connectivity index (χ4v) is 4.19. The Kier molecular flexibility index (Phi) is 2.89. The summed E-state index contributed by atoms with van der Waals surface area (Å²) >= 11 is 7.53. The molecule has 1 amide bonds. The number of nitrogens with zero attached hydrogens (tertiary/aromatic N) is 2. The molecule has 1 aliphatic carbocycles. The molecule has 0 radical (unpaired) electrons. The van der Waals surface area contributed by atoms with Gasteiger partial charge in [-0.25, -0.2) is 4.99 Å². The second kappa shape index (κ2) is 4.64. The van der Waals surface area contributed by atoms with Gasteiger partial charge in [0.15, 0.2) is 5.17 Å². The van der Waals surface area contributed by atoms with E-state index in [1.54, 1.807) is 11.8 Å². The minimum Gasteiger partial charge on any atom is -0.279 e. The summed E-state index contributed by atoms with van der Waals surface area (Å²) < 4.78 is 0. The van der Waals surface area contributed by atoms with Crippen LogP contribution in [0.5, 0.6) is 0 Å². The van der Waals surface area contributed by atoms with E-state index in [1.165, 1.54) is 11.3 Å². The summed E-state index contributed by atoms with van der Waals surface area (Å²) in [5, 5.41) is 1.59. The molecule has 4 rings (SSSR count). The molecule has 102 valence electrons. The minimum absolute atomic E-state index is 0.0276. The number of hydrogen-bond acceptors (Lipinski definition) is 3. The molecule has 0 unspecified atom stereocenters. The number of carbonyl (C=O) groups excluding carboxylic acids is 1. The zero-order valence-corrected chi connectivity index (χ0v) is 12.4. The van der Waals surface area contributed by atoms with Crippen LogP contribution in [0, 0.1) is 0 Å². The first kappa shape index (κ1) is 12.5. The Balaban J connectivity index is 1.84. The van der Waals surface area contributed by atoms with Crippen molar-refractivity contribution in [2.24, 2.45) is 4.99 Å². The Labute approximate surface area is 126 Å². The second-order valence-corrected chi connectivity index (χ2v) is 6.61. The quantitative estimate of drug-likeness (QED) is 0.791. The van der Waals surface area contributed by atoms with Crippen LogP contribution in [0.15, 0.2) is 40.5 Å². The molecule has 1 fully saturated rings. The number of carbonyl (C=O) groups is 1. The molecule has 3 aliphatic rings. The van der Waals surface area contributed by atoms with Crippen molar-refractivity contribution in [1.29, 1.82) is 0 Å². The van der Waals surface area contributed by atoms with E-state index in [0.717, 1.165) is 35.0 Å². The van der Waals surface area contributed by atoms with Crippen molar-refractivity contribution in [2.45, 2.75) is 25.3 Å². The summed E-state index contributed by atoms with van der Waals surface area (Å²) in [6.07, 6.45) is 3.21. The molecule has 1 aromatic carbocycles. The molecule has 2 heterocycles. The van der Waals surface area contributed by atoms with E-state index in [1.807, 2.05) is 29.2 Å². The van der Waals surface area contributed by atoms with Gasteiger partial charge in [-0.1, -0.05) is 35.5 Å². The Morgan fingerprint density at radius 1 is 1.25 bits per heavy atom. The van der Waals surface area contributed by atoms with Crippen LogP contribution >= 0.6 is 23.4 Å². The molecular weight excluding hydrogens is 292 g/mol. The lowest BCUT2D eigenvalue weighted by atomic mass is 9.95. The third kappa shape index (κ3) is 1.82. The third-order valence-corrected chi connectivity index (χ3v) is 5.22. The smallest absolute Gasteiger partial charge is 0.239 e. The molecule has 0 saturated carbocycles. The molecule has 3 nitrogen and oxygen atoms in total. The number of amidine groups is 1. The number of aliphatic imine (C=N–C) groups is 1. The normalized spacial score (nSPS) is 24.9. The molecule has 1 atom stereocenters. The van der Waals surface area contributed by atoms with Gasteiger partial charge in [-0.3, -0.25) is 9.69 Å². The molecule has 5 heteroatoms. The molecule has 0 bridgehead atoms. The number of fused-ring (bicyclic) bond motifs is 1. The highest BCUT2D eigenvalue weighted by molar-refractivity contribution is 8.15. The highest BCUT2D eigenvalue weighted by Gasteiger charge is 2.41. The van der Waals surface area contributed by atoms with Crippen molar-refractivity contribution < 1.29 is 4.79 Å². The van der Waals surface area contributed by atoms with E-state index in [0.29, 0.717) is 5.75 Å². The number of rotatable bonds is 1. The summed E-state index contributed by atoms with van der Waals surface area (Å²) in [5.74, 6) is 0.663. The maximum Gasteiger partial charge on any atom is 0.239 e. The van der Waals surface area contributed by atoms with Crippen molar-refractivity contribution in [3.8, 4) is 0 Å². The Morgan fingerprint density at radius 2 is 2.05 bits per heavy atom. The van der Waals surface area contributed by atoms with Crippen LogP contribution in [-0.2, 0) is 4.79 Å². The van der Waals surface area contributed by atoms with E-state index in [-0.39, 0.29) is 11.9 Å². The SMILES string of the molecule is O=C1CSC2=NC3=C(CCC3)[C@@H](c3ccc(Cl)cc3)N12. The topological polar surface area (TPSA) is 32.7 Å². The highest BCUT2D eigenvalue weighted by Crippen LogP contribution is 2.46. The monoisotopic (exact) mass is 304 g/mol. The number of benzene rings is 1. The minimum atomic E-state index is 0.0276.